The smallest absolute Gasteiger partial charge is 0.237 e. The molecule has 0 saturated carbocycles. The van der Waals surface area contributed by atoms with E-state index in [0.717, 1.165) is 21.1 Å². The predicted molar refractivity (Wildman–Crippen MR) is 123 cm³/mol. The molecule has 2 atom stereocenters. The molecule has 3 aromatic rings. The van der Waals surface area contributed by atoms with Crippen LogP contribution in [0.4, 0.5) is 0 Å². The Morgan fingerprint density at radius 2 is 1.31 bits per heavy atom. The van der Waals surface area contributed by atoms with Gasteiger partial charge in [-0.25, -0.2) is 0 Å². The van der Waals surface area contributed by atoms with Crippen molar-refractivity contribution in [3.05, 3.63) is 104 Å². The summed E-state index contributed by atoms with van der Waals surface area (Å²) in [5.41, 5.74) is 3.55. The Hall–Kier alpha value is -1.95. The Balaban J connectivity index is 1.79. The van der Waals surface area contributed by atoms with Crippen molar-refractivity contribution in [1.29, 1.82) is 0 Å². The highest BCUT2D eigenvalue weighted by atomic mass is 79.9. The summed E-state index contributed by atoms with van der Waals surface area (Å²) >= 11 is 7.07. The standard InChI is InChI=1S/C24H22Br2N2O/c1-27-22(29)16-28(15-17-5-3-2-4-6-17)24(19-9-13-21(26)14-10-19)23(27)18-7-11-20(25)12-8-18/h2-14,23-24H,15-16H2,1H3/t23-,24+/m1/s1. The average Bonchev–Trinajstić information content (AvgIpc) is 2.73. The predicted octanol–water partition coefficient (Wildman–Crippen LogP) is 5.97. The third-order valence-corrected chi connectivity index (χ3v) is 6.55. The van der Waals surface area contributed by atoms with Crippen LogP contribution >= 0.6 is 31.9 Å². The van der Waals surface area contributed by atoms with E-state index in [1.54, 1.807) is 0 Å². The van der Waals surface area contributed by atoms with Gasteiger partial charge in [-0.05, 0) is 41.0 Å². The molecule has 1 aliphatic rings. The Morgan fingerprint density at radius 3 is 1.86 bits per heavy atom. The highest BCUT2D eigenvalue weighted by Crippen LogP contribution is 2.42. The monoisotopic (exact) mass is 512 g/mol. The third kappa shape index (κ3) is 4.47. The molecule has 3 aromatic carbocycles. The average molecular weight is 514 g/mol. The SMILES string of the molecule is CN1C(=O)CN(Cc2ccccc2)[C@@H](c2ccc(Br)cc2)[C@H]1c1ccc(Br)cc1. The maximum absolute atomic E-state index is 12.9. The highest BCUT2D eigenvalue weighted by Gasteiger charge is 2.40. The van der Waals surface area contributed by atoms with Crippen LogP contribution in [0.1, 0.15) is 28.8 Å². The summed E-state index contributed by atoms with van der Waals surface area (Å²) in [7, 11) is 1.92. The van der Waals surface area contributed by atoms with Gasteiger partial charge in [-0.15, -0.1) is 0 Å². The molecule has 1 amide bonds. The molecule has 0 spiro atoms. The van der Waals surface area contributed by atoms with Crippen molar-refractivity contribution in [3.63, 3.8) is 0 Å². The van der Waals surface area contributed by atoms with Gasteiger partial charge in [0.25, 0.3) is 0 Å². The van der Waals surface area contributed by atoms with E-state index in [2.05, 4.69) is 85.3 Å². The van der Waals surface area contributed by atoms with Crippen molar-refractivity contribution in [3.8, 4) is 0 Å². The van der Waals surface area contributed by atoms with E-state index in [0.29, 0.717) is 6.54 Å². The molecule has 1 aliphatic heterocycles. The Kier molecular flexibility index (Phi) is 6.18. The van der Waals surface area contributed by atoms with Gasteiger partial charge in [0.05, 0.1) is 18.6 Å². The van der Waals surface area contributed by atoms with Crippen molar-refractivity contribution in [2.45, 2.75) is 18.6 Å². The number of amides is 1. The number of hydrogen-bond donors (Lipinski definition) is 0. The molecule has 5 heteroatoms. The van der Waals surface area contributed by atoms with Crippen LogP contribution in [0.2, 0.25) is 0 Å². The molecule has 1 saturated heterocycles. The quantitative estimate of drug-likeness (QED) is 0.429. The van der Waals surface area contributed by atoms with Crippen LogP contribution in [-0.2, 0) is 11.3 Å². The Labute approximate surface area is 188 Å². The Bertz CT molecular complexity index is 974. The molecule has 0 N–H and O–H groups in total. The highest BCUT2D eigenvalue weighted by molar-refractivity contribution is 9.10. The third-order valence-electron chi connectivity index (χ3n) is 5.49. The first kappa shape index (κ1) is 20.3. The van der Waals surface area contributed by atoms with Crippen molar-refractivity contribution in [2.24, 2.45) is 0 Å². The summed E-state index contributed by atoms with van der Waals surface area (Å²) in [5.74, 6) is 0.141. The number of hydrogen-bond acceptors (Lipinski definition) is 2. The van der Waals surface area contributed by atoms with E-state index >= 15 is 0 Å². The van der Waals surface area contributed by atoms with Gasteiger partial charge >= 0.3 is 0 Å². The maximum Gasteiger partial charge on any atom is 0.237 e. The molecule has 3 nitrogen and oxygen atoms in total. The van der Waals surface area contributed by atoms with Gasteiger partial charge in [-0.3, -0.25) is 9.69 Å². The number of likely N-dealkylation sites (N-methyl/N-ethyl adjacent to an activating group) is 1. The summed E-state index contributed by atoms with van der Waals surface area (Å²) in [5, 5.41) is 0. The summed E-state index contributed by atoms with van der Waals surface area (Å²) in [6.45, 7) is 1.13. The number of carbonyl (C=O) groups excluding carboxylic acids is 1. The van der Waals surface area contributed by atoms with E-state index in [-0.39, 0.29) is 18.0 Å². The fourth-order valence-electron chi connectivity index (χ4n) is 4.04. The van der Waals surface area contributed by atoms with Gasteiger partial charge in [0, 0.05) is 22.5 Å². The minimum absolute atomic E-state index is 0.0609. The van der Waals surface area contributed by atoms with Crippen LogP contribution in [0.3, 0.4) is 0 Å². The first-order valence-corrected chi connectivity index (χ1v) is 11.2. The van der Waals surface area contributed by atoms with Crippen molar-refractivity contribution in [2.75, 3.05) is 13.6 Å². The lowest BCUT2D eigenvalue weighted by molar-refractivity contribution is -0.142. The lowest BCUT2D eigenvalue weighted by Gasteiger charge is -2.46. The zero-order valence-corrected chi connectivity index (χ0v) is 19.3. The summed E-state index contributed by atoms with van der Waals surface area (Å²) < 4.78 is 2.09. The van der Waals surface area contributed by atoms with E-state index < -0.39 is 0 Å². The maximum atomic E-state index is 12.9. The number of benzene rings is 3. The van der Waals surface area contributed by atoms with Crippen molar-refractivity contribution >= 4 is 37.8 Å². The molecule has 4 rings (SSSR count). The molecule has 1 heterocycles. The van der Waals surface area contributed by atoms with Crippen molar-refractivity contribution in [1.82, 2.24) is 9.80 Å². The number of halogens is 2. The molecule has 148 valence electrons. The first-order valence-electron chi connectivity index (χ1n) is 9.57. The van der Waals surface area contributed by atoms with Crippen LogP contribution in [-0.4, -0.2) is 29.3 Å². The number of piperazine rings is 1. The van der Waals surface area contributed by atoms with Crippen LogP contribution in [0.25, 0.3) is 0 Å². The van der Waals surface area contributed by atoms with Gasteiger partial charge in [0.15, 0.2) is 0 Å². The molecular weight excluding hydrogens is 492 g/mol. The van der Waals surface area contributed by atoms with E-state index in [1.165, 1.54) is 11.1 Å². The molecule has 0 radical (unpaired) electrons. The van der Waals surface area contributed by atoms with Crippen LogP contribution in [0.5, 0.6) is 0 Å². The van der Waals surface area contributed by atoms with Gasteiger partial charge < -0.3 is 4.90 Å². The second kappa shape index (κ2) is 8.82. The zero-order valence-electron chi connectivity index (χ0n) is 16.1. The zero-order chi connectivity index (χ0) is 20.4. The second-order valence-corrected chi connectivity index (χ2v) is 9.22. The Morgan fingerprint density at radius 1 is 0.793 bits per heavy atom. The summed E-state index contributed by atoms with van der Waals surface area (Å²) in [4.78, 5) is 17.1. The van der Waals surface area contributed by atoms with Crippen LogP contribution in [0.15, 0.2) is 87.8 Å². The molecule has 0 aliphatic carbocycles. The molecule has 0 aromatic heterocycles. The van der Waals surface area contributed by atoms with Crippen molar-refractivity contribution < 1.29 is 4.79 Å². The van der Waals surface area contributed by atoms with Gasteiger partial charge in [-0.2, -0.15) is 0 Å². The van der Waals surface area contributed by atoms with E-state index in [4.69, 9.17) is 0 Å². The normalized spacial score (nSPS) is 20.1. The van der Waals surface area contributed by atoms with E-state index in [1.807, 2.05) is 42.3 Å². The number of rotatable bonds is 4. The lowest BCUT2D eigenvalue weighted by Crippen LogP contribution is -2.51. The largest absolute Gasteiger partial charge is 0.336 e. The molecular formula is C24H22Br2N2O. The molecule has 29 heavy (non-hydrogen) atoms. The molecule has 1 fully saturated rings. The minimum atomic E-state index is -0.0609. The summed E-state index contributed by atoms with van der Waals surface area (Å²) in [6, 6.07) is 27.1. The van der Waals surface area contributed by atoms with Crippen LogP contribution < -0.4 is 0 Å². The first-order chi connectivity index (χ1) is 14.0. The fraction of sp³-hybridized carbons (Fsp3) is 0.208. The lowest BCUT2D eigenvalue weighted by atomic mass is 9.88. The van der Waals surface area contributed by atoms with Gasteiger partial charge in [0.1, 0.15) is 0 Å². The number of nitrogens with zero attached hydrogens (tertiary/aromatic N) is 2. The van der Waals surface area contributed by atoms with E-state index in [9.17, 15) is 4.79 Å². The topological polar surface area (TPSA) is 23.6 Å². The minimum Gasteiger partial charge on any atom is -0.336 e. The molecule has 0 bridgehead atoms. The van der Waals surface area contributed by atoms with Gasteiger partial charge in [0.2, 0.25) is 5.91 Å². The van der Waals surface area contributed by atoms with Crippen LogP contribution in [0, 0.1) is 0 Å². The van der Waals surface area contributed by atoms with Gasteiger partial charge in [-0.1, -0.05) is 86.5 Å². The fourth-order valence-corrected chi connectivity index (χ4v) is 4.57. The molecule has 0 unspecified atom stereocenters. The number of carbonyl (C=O) groups is 1. The second-order valence-electron chi connectivity index (χ2n) is 7.39. The summed E-state index contributed by atoms with van der Waals surface area (Å²) in [6.07, 6.45) is 0.